The molecule has 2 nitrogen and oxygen atoms in total. The van der Waals surface area contributed by atoms with E-state index in [1.807, 2.05) is 19.9 Å². The van der Waals surface area contributed by atoms with E-state index >= 15 is 0 Å². The second kappa shape index (κ2) is 9.50. The van der Waals surface area contributed by atoms with E-state index in [1.165, 1.54) is 0 Å². The summed E-state index contributed by atoms with van der Waals surface area (Å²) in [6.45, 7) is 7.37. The summed E-state index contributed by atoms with van der Waals surface area (Å²) in [6, 6.07) is 0. The second-order valence-electron chi connectivity index (χ2n) is 3.60. The molecule has 1 unspecified atom stereocenters. The van der Waals surface area contributed by atoms with Crippen molar-refractivity contribution in [2.24, 2.45) is 0 Å². The van der Waals surface area contributed by atoms with Crippen molar-refractivity contribution in [2.45, 2.75) is 52.1 Å². The van der Waals surface area contributed by atoms with Crippen molar-refractivity contribution < 1.29 is 9.53 Å². The minimum absolute atomic E-state index is 0.0563. The molecular weight excluding hydrogens is 188 g/mol. The van der Waals surface area contributed by atoms with Crippen molar-refractivity contribution >= 4 is 5.97 Å². The third-order valence-electron chi connectivity index (χ3n) is 2.12. The van der Waals surface area contributed by atoms with E-state index in [2.05, 4.69) is 12.7 Å². The maximum absolute atomic E-state index is 11.0. The van der Waals surface area contributed by atoms with Crippen LogP contribution in [-0.2, 0) is 9.53 Å². The predicted molar refractivity (Wildman–Crippen MR) is 63.7 cm³/mol. The minimum atomic E-state index is -0.103. The fourth-order valence-electron chi connectivity index (χ4n) is 1.25. The molecule has 0 aromatic carbocycles. The maximum atomic E-state index is 11.0. The standard InChI is InChI=1S/C13H22O2/c1-4-6-7-8-9-10-11-12(3)15-13(14)5-2/h4,6-7,12H,1,5,8-11H2,2-3H3. The molecule has 0 N–H and O–H groups in total. The molecule has 0 heterocycles. The number of allylic oxidation sites excluding steroid dienone is 3. The number of unbranched alkanes of at least 4 members (excludes halogenated alkanes) is 2. The molecule has 0 amide bonds. The van der Waals surface area contributed by atoms with E-state index in [1.54, 1.807) is 6.08 Å². The Balaban J connectivity index is 3.38. The Morgan fingerprint density at radius 1 is 1.47 bits per heavy atom. The first kappa shape index (κ1) is 13.9. The number of esters is 1. The smallest absolute Gasteiger partial charge is 0.305 e. The summed E-state index contributed by atoms with van der Waals surface area (Å²) < 4.78 is 5.15. The van der Waals surface area contributed by atoms with Crippen LogP contribution in [0.15, 0.2) is 24.8 Å². The molecular formula is C13H22O2. The highest BCUT2D eigenvalue weighted by Crippen LogP contribution is 2.07. The van der Waals surface area contributed by atoms with Crippen LogP contribution in [0.25, 0.3) is 0 Å². The van der Waals surface area contributed by atoms with Gasteiger partial charge in [-0.3, -0.25) is 4.79 Å². The number of ether oxygens (including phenoxy) is 1. The van der Waals surface area contributed by atoms with Gasteiger partial charge in [0.05, 0.1) is 6.10 Å². The number of hydrogen-bond donors (Lipinski definition) is 0. The highest BCUT2D eigenvalue weighted by atomic mass is 16.5. The van der Waals surface area contributed by atoms with Gasteiger partial charge in [-0.25, -0.2) is 0 Å². The fourth-order valence-corrected chi connectivity index (χ4v) is 1.25. The van der Waals surface area contributed by atoms with E-state index in [0.29, 0.717) is 6.42 Å². The molecule has 0 radical (unpaired) electrons. The molecule has 0 aliphatic heterocycles. The molecule has 0 bridgehead atoms. The fraction of sp³-hybridized carbons (Fsp3) is 0.615. The molecule has 2 heteroatoms. The zero-order chi connectivity index (χ0) is 11.5. The maximum Gasteiger partial charge on any atom is 0.305 e. The highest BCUT2D eigenvalue weighted by Gasteiger charge is 2.06. The van der Waals surface area contributed by atoms with Gasteiger partial charge in [0, 0.05) is 6.42 Å². The zero-order valence-electron chi connectivity index (χ0n) is 9.87. The van der Waals surface area contributed by atoms with Crippen molar-refractivity contribution in [3.8, 4) is 0 Å². The summed E-state index contributed by atoms with van der Waals surface area (Å²) >= 11 is 0. The molecule has 0 aromatic heterocycles. The Bertz CT molecular complexity index is 207. The van der Waals surface area contributed by atoms with Gasteiger partial charge in [0.1, 0.15) is 0 Å². The van der Waals surface area contributed by atoms with E-state index in [4.69, 9.17) is 4.74 Å². The van der Waals surface area contributed by atoms with Crippen LogP contribution >= 0.6 is 0 Å². The topological polar surface area (TPSA) is 26.3 Å². The molecule has 0 saturated carbocycles. The molecule has 86 valence electrons. The van der Waals surface area contributed by atoms with Gasteiger partial charge < -0.3 is 4.74 Å². The van der Waals surface area contributed by atoms with Gasteiger partial charge in [-0.1, -0.05) is 31.7 Å². The molecule has 0 fully saturated rings. The lowest BCUT2D eigenvalue weighted by Gasteiger charge is -2.11. The summed E-state index contributed by atoms with van der Waals surface area (Å²) in [7, 11) is 0. The second-order valence-corrected chi connectivity index (χ2v) is 3.60. The van der Waals surface area contributed by atoms with Crippen LogP contribution in [0.3, 0.4) is 0 Å². The lowest BCUT2D eigenvalue weighted by atomic mass is 10.1. The normalized spacial score (nSPS) is 12.7. The molecule has 0 spiro atoms. The van der Waals surface area contributed by atoms with Crippen molar-refractivity contribution in [3.05, 3.63) is 24.8 Å². The quantitative estimate of drug-likeness (QED) is 0.347. The summed E-state index contributed by atoms with van der Waals surface area (Å²) in [5.41, 5.74) is 0. The van der Waals surface area contributed by atoms with Crippen molar-refractivity contribution in [1.82, 2.24) is 0 Å². The Kier molecular flexibility index (Phi) is 8.84. The van der Waals surface area contributed by atoms with E-state index in [9.17, 15) is 4.79 Å². The van der Waals surface area contributed by atoms with Crippen LogP contribution in [0.1, 0.15) is 46.0 Å². The molecule has 0 aliphatic carbocycles. The van der Waals surface area contributed by atoms with Gasteiger partial charge in [0.15, 0.2) is 0 Å². The average molecular weight is 210 g/mol. The first-order chi connectivity index (χ1) is 7.20. The predicted octanol–water partition coefficient (Wildman–Crippen LogP) is 3.63. The SMILES string of the molecule is C=CC=CCCCCC(C)OC(=O)CC. The Morgan fingerprint density at radius 3 is 2.80 bits per heavy atom. The molecule has 15 heavy (non-hydrogen) atoms. The van der Waals surface area contributed by atoms with Gasteiger partial charge in [-0.15, -0.1) is 0 Å². The number of rotatable bonds is 8. The minimum Gasteiger partial charge on any atom is -0.463 e. The number of carbonyl (C=O) groups is 1. The molecule has 0 aromatic rings. The van der Waals surface area contributed by atoms with Crippen LogP contribution in [0.5, 0.6) is 0 Å². The Morgan fingerprint density at radius 2 is 2.20 bits per heavy atom. The zero-order valence-corrected chi connectivity index (χ0v) is 9.87. The summed E-state index contributed by atoms with van der Waals surface area (Å²) in [5, 5.41) is 0. The first-order valence-electron chi connectivity index (χ1n) is 5.67. The van der Waals surface area contributed by atoms with Gasteiger partial charge in [0.2, 0.25) is 0 Å². The first-order valence-corrected chi connectivity index (χ1v) is 5.67. The molecule has 0 aliphatic rings. The van der Waals surface area contributed by atoms with Crippen LogP contribution in [0.2, 0.25) is 0 Å². The van der Waals surface area contributed by atoms with E-state index in [0.717, 1.165) is 25.7 Å². The van der Waals surface area contributed by atoms with Crippen molar-refractivity contribution in [2.75, 3.05) is 0 Å². The highest BCUT2D eigenvalue weighted by molar-refractivity contribution is 5.69. The third-order valence-corrected chi connectivity index (χ3v) is 2.12. The van der Waals surface area contributed by atoms with Gasteiger partial charge in [-0.05, 0) is 32.6 Å². The lowest BCUT2D eigenvalue weighted by Crippen LogP contribution is -2.13. The van der Waals surface area contributed by atoms with Crippen molar-refractivity contribution in [1.29, 1.82) is 0 Å². The van der Waals surface area contributed by atoms with Crippen LogP contribution in [0.4, 0.5) is 0 Å². The van der Waals surface area contributed by atoms with Crippen LogP contribution in [-0.4, -0.2) is 12.1 Å². The summed E-state index contributed by atoms with van der Waals surface area (Å²) in [4.78, 5) is 11.0. The largest absolute Gasteiger partial charge is 0.463 e. The lowest BCUT2D eigenvalue weighted by molar-refractivity contribution is -0.148. The van der Waals surface area contributed by atoms with Crippen molar-refractivity contribution in [3.63, 3.8) is 0 Å². The molecule has 0 rings (SSSR count). The number of hydrogen-bond acceptors (Lipinski definition) is 2. The van der Waals surface area contributed by atoms with E-state index < -0.39 is 0 Å². The van der Waals surface area contributed by atoms with Crippen LogP contribution in [0, 0.1) is 0 Å². The molecule has 0 saturated heterocycles. The Hall–Kier alpha value is -1.05. The molecule has 1 atom stereocenters. The summed E-state index contributed by atoms with van der Waals surface area (Å²) in [5.74, 6) is -0.103. The van der Waals surface area contributed by atoms with Gasteiger partial charge >= 0.3 is 5.97 Å². The van der Waals surface area contributed by atoms with E-state index in [-0.39, 0.29) is 12.1 Å². The number of carbonyl (C=O) groups excluding carboxylic acids is 1. The monoisotopic (exact) mass is 210 g/mol. The van der Waals surface area contributed by atoms with Gasteiger partial charge in [0.25, 0.3) is 0 Å². The Labute approximate surface area is 93.0 Å². The van der Waals surface area contributed by atoms with Gasteiger partial charge in [-0.2, -0.15) is 0 Å². The van der Waals surface area contributed by atoms with Crippen LogP contribution < -0.4 is 0 Å². The third kappa shape index (κ3) is 9.26. The average Bonchev–Trinajstić information content (AvgIpc) is 2.23. The summed E-state index contributed by atoms with van der Waals surface area (Å²) in [6.07, 6.45) is 10.6.